The van der Waals surface area contributed by atoms with Gasteiger partial charge in [-0.05, 0) is 16.1 Å². The smallest absolute Gasteiger partial charge is 0.0904 e. The Labute approximate surface area is 96.6 Å². The van der Waals surface area contributed by atoms with E-state index >= 15 is 0 Å². The molecule has 0 aliphatic rings. The number of benzene rings is 1. The van der Waals surface area contributed by atoms with E-state index in [2.05, 4.69) is 62.1 Å². The second-order valence-corrected chi connectivity index (χ2v) is 11.3. The lowest BCUT2D eigenvalue weighted by atomic mass is 10.2. The Morgan fingerprint density at radius 2 is 1.53 bits per heavy atom. The maximum absolute atomic E-state index is 2.40. The van der Waals surface area contributed by atoms with Crippen molar-refractivity contribution in [3.63, 3.8) is 0 Å². The summed E-state index contributed by atoms with van der Waals surface area (Å²) in [5.74, 6) is 0. The summed E-state index contributed by atoms with van der Waals surface area (Å²) in [7, 11) is -1.13. The molecule has 0 spiro atoms. The monoisotopic (exact) mass is 232 g/mol. The Morgan fingerprint density at radius 1 is 0.867 bits per heavy atom. The van der Waals surface area contributed by atoms with E-state index in [4.69, 9.17) is 0 Å². The van der Waals surface area contributed by atoms with Gasteiger partial charge in [-0.3, -0.25) is 0 Å². The molecule has 0 unspecified atom stereocenters. The van der Waals surface area contributed by atoms with Crippen LogP contribution in [0.15, 0.2) is 42.5 Å². The van der Waals surface area contributed by atoms with Gasteiger partial charge in [0.2, 0.25) is 0 Å². The van der Waals surface area contributed by atoms with Crippen LogP contribution in [0, 0.1) is 0 Å². The highest BCUT2D eigenvalue weighted by molar-refractivity contribution is 7.28. The van der Waals surface area contributed by atoms with Crippen molar-refractivity contribution in [2.45, 2.75) is 19.6 Å². The van der Waals surface area contributed by atoms with Crippen molar-refractivity contribution in [3.05, 3.63) is 42.5 Å². The Balaban J connectivity index is 2.37. The number of hydrogen-bond donors (Lipinski definition) is 0. The van der Waals surface area contributed by atoms with Crippen LogP contribution in [0.4, 0.5) is 0 Å². The molecule has 0 saturated carbocycles. The van der Waals surface area contributed by atoms with Crippen LogP contribution < -0.4 is 4.50 Å². The summed E-state index contributed by atoms with van der Waals surface area (Å²) >= 11 is 1.95. The third-order valence-electron chi connectivity index (χ3n) is 2.40. The van der Waals surface area contributed by atoms with E-state index in [0.29, 0.717) is 0 Å². The molecule has 0 saturated heterocycles. The van der Waals surface area contributed by atoms with E-state index in [-0.39, 0.29) is 0 Å². The molecule has 1 heterocycles. The molecule has 2 aromatic rings. The molecule has 0 atom stereocenters. The fourth-order valence-electron chi connectivity index (χ4n) is 1.50. The minimum absolute atomic E-state index is 1.13. The molecular formula is C13H16SSi. The zero-order chi connectivity index (χ0) is 10.9. The highest BCUT2D eigenvalue weighted by atomic mass is 32.1. The van der Waals surface area contributed by atoms with Crippen LogP contribution in [0.1, 0.15) is 0 Å². The van der Waals surface area contributed by atoms with Crippen molar-refractivity contribution < 1.29 is 0 Å². The Hall–Kier alpha value is -0.863. The molecule has 2 rings (SSSR count). The predicted octanol–water partition coefficient (Wildman–Crippen LogP) is 3.96. The van der Waals surface area contributed by atoms with Gasteiger partial charge in [-0.15, -0.1) is 11.3 Å². The highest BCUT2D eigenvalue weighted by Crippen LogP contribution is 2.24. The molecule has 1 aromatic heterocycles. The summed E-state index contributed by atoms with van der Waals surface area (Å²) in [5.41, 5.74) is 1.34. The van der Waals surface area contributed by atoms with E-state index in [1.807, 2.05) is 11.3 Å². The number of thiophene rings is 1. The molecule has 0 aliphatic heterocycles. The molecule has 0 nitrogen and oxygen atoms in total. The lowest BCUT2D eigenvalue weighted by Crippen LogP contribution is -2.34. The van der Waals surface area contributed by atoms with Gasteiger partial charge in [0.25, 0.3) is 0 Å². The van der Waals surface area contributed by atoms with Gasteiger partial charge in [0.1, 0.15) is 0 Å². The summed E-state index contributed by atoms with van der Waals surface area (Å²) in [6.45, 7) is 7.19. The largest absolute Gasteiger partial charge is 0.145 e. The minimum Gasteiger partial charge on any atom is -0.145 e. The maximum atomic E-state index is 2.40. The van der Waals surface area contributed by atoms with E-state index < -0.39 is 8.07 Å². The molecule has 0 fully saturated rings. The van der Waals surface area contributed by atoms with Crippen LogP contribution in [-0.4, -0.2) is 8.07 Å². The fourth-order valence-corrected chi connectivity index (χ4v) is 4.40. The minimum atomic E-state index is -1.13. The van der Waals surface area contributed by atoms with Crippen molar-refractivity contribution in [3.8, 4) is 10.4 Å². The average molecular weight is 232 g/mol. The molecule has 2 heteroatoms. The van der Waals surface area contributed by atoms with E-state index in [0.717, 1.165) is 0 Å². The summed E-state index contributed by atoms with van der Waals surface area (Å²) in [6, 6.07) is 15.2. The molecule has 78 valence electrons. The van der Waals surface area contributed by atoms with Crippen LogP contribution in [0.25, 0.3) is 10.4 Å². The number of rotatable bonds is 2. The average Bonchev–Trinajstić information content (AvgIpc) is 2.67. The van der Waals surface area contributed by atoms with Gasteiger partial charge in [0, 0.05) is 4.88 Å². The van der Waals surface area contributed by atoms with E-state index in [1.54, 1.807) is 4.50 Å². The van der Waals surface area contributed by atoms with Gasteiger partial charge in [-0.1, -0.05) is 56.0 Å². The predicted molar refractivity (Wildman–Crippen MR) is 72.7 cm³/mol. The van der Waals surface area contributed by atoms with Gasteiger partial charge in [0.15, 0.2) is 0 Å². The third-order valence-corrected chi connectivity index (χ3v) is 7.14. The Morgan fingerprint density at radius 3 is 2.07 bits per heavy atom. The summed E-state index contributed by atoms with van der Waals surface area (Å²) in [6.07, 6.45) is 0. The van der Waals surface area contributed by atoms with Crippen LogP contribution >= 0.6 is 11.3 Å². The van der Waals surface area contributed by atoms with Crippen molar-refractivity contribution in [1.29, 1.82) is 0 Å². The molecule has 0 aliphatic carbocycles. The van der Waals surface area contributed by atoms with Crippen LogP contribution in [0.3, 0.4) is 0 Å². The molecule has 0 N–H and O–H groups in total. The molecule has 1 aromatic carbocycles. The Kier molecular flexibility index (Phi) is 2.80. The van der Waals surface area contributed by atoms with Gasteiger partial charge < -0.3 is 0 Å². The first-order valence-electron chi connectivity index (χ1n) is 5.23. The lowest BCUT2D eigenvalue weighted by molar-refractivity contribution is 1.70. The van der Waals surface area contributed by atoms with Gasteiger partial charge >= 0.3 is 0 Å². The third kappa shape index (κ3) is 2.39. The quantitative estimate of drug-likeness (QED) is 0.688. The van der Waals surface area contributed by atoms with Crippen LogP contribution in [-0.2, 0) is 0 Å². The fraction of sp³-hybridized carbons (Fsp3) is 0.231. The Bertz CT molecular complexity index is 437. The van der Waals surface area contributed by atoms with Gasteiger partial charge in [0.05, 0.1) is 8.07 Å². The molecule has 0 amide bonds. The first-order chi connectivity index (χ1) is 7.07. The first kappa shape index (κ1) is 10.6. The van der Waals surface area contributed by atoms with Crippen molar-refractivity contribution in [1.82, 2.24) is 0 Å². The summed E-state index contributed by atoms with van der Waals surface area (Å²) in [4.78, 5) is 1.40. The van der Waals surface area contributed by atoms with Crippen LogP contribution in [0.2, 0.25) is 19.6 Å². The highest BCUT2D eigenvalue weighted by Gasteiger charge is 2.18. The number of hydrogen-bond acceptors (Lipinski definition) is 1. The lowest BCUT2D eigenvalue weighted by Gasteiger charge is -2.12. The normalized spacial score (nSPS) is 11.7. The SMILES string of the molecule is C[Si](C)(C)c1ccc(-c2ccccc2)s1. The van der Waals surface area contributed by atoms with E-state index in [9.17, 15) is 0 Å². The maximum Gasteiger partial charge on any atom is 0.0904 e. The van der Waals surface area contributed by atoms with Crippen molar-refractivity contribution in [2.75, 3.05) is 0 Å². The summed E-state index contributed by atoms with van der Waals surface area (Å²) < 4.78 is 1.58. The molecular weight excluding hydrogens is 216 g/mol. The zero-order valence-electron chi connectivity index (χ0n) is 9.45. The molecule has 0 bridgehead atoms. The molecule has 0 radical (unpaired) electrons. The topological polar surface area (TPSA) is 0 Å². The molecule has 15 heavy (non-hydrogen) atoms. The van der Waals surface area contributed by atoms with Crippen LogP contribution in [0.5, 0.6) is 0 Å². The summed E-state index contributed by atoms with van der Waals surface area (Å²) in [5, 5.41) is 0. The second kappa shape index (κ2) is 3.95. The van der Waals surface area contributed by atoms with E-state index in [1.165, 1.54) is 10.4 Å². The van der Waals surface area contributed by atoms with Crippen molar-refractivity contribution in [2.24, 2.45) is 0 Å². The first-order valence-corrected chi connectivity index (χ1v) is 9.55. The van der Waals surface area contributed by atoms with Gasteiger partial charge in [-0.2, -0.15) is 0 Å². The van der Waals surface area contributed by atoms with Gasteiger partial charge in [-0.25, -0.2) is 0 Å². The second-order valence-electron chi connectivity index (χ2n) is 4.78. The standard InChI is InChI=1S/C13H16SSi/c1-15(2,3)13-10-9-12(14-13)11-7-5-4-6-8-11/h4-10H,1-3H3. The van der Waals surface area contributed by atoms with Crippen molar-refractivity contribution >= 4 is 23.9 Å². The zero-order valence-corrected chi connectivity index (χ0v) is 11.3.